The van der Waals surface area contributed by atoms with Crippen LogP contribution < -0.4 is 11.1 Å². The molecule has 2 bridgehead atoms. The van der Waals surface area contributed by atoms with Gasteiger partial charge in [-0.2, -0.15) is 0 Å². The van der Waals surface area contributed by atoms with Crippen molar-refractivity contribution in [1.29, 1.82) is 0 Å². The molecule has 4 heteroatoms. The average molecular weight is 246 g/mol. The number of carbonyl (C=O) groups is 1. The predicted molar refractivity (Wildman–Crippen MR) is 70.7 cm³/mol. The Morgan fingerprint density at radius 3 is 2.78 bits per heavy atom. The molecule has 1 aromatic carbocycles. The highest BCUT2D eigenvalue weighted by atomic mass is 16.4. The molecule has 1 aromatic rings. The predicted octanol–water partition coefficient (Wildman–Crippen LogP) is 2.57. The summed E-state index contributed by atoms with van der Waals surface area (Å²) in [6.45, 7) is 0. The first-order chi connectivity index (χ1) is 8.63. The van der Waals surface area contributed by atoms with E-state index in [2.05, 4.69) is 5.32 Å². The summed E-state index contributed by atoms with van der Waals surface area (Å²) in [5, 5.41) is 12.6. The number of nitrogens with one attached hydrogen (secondary N) is 1. The topological polar surface area (TPSA) is 75.3 Å². The fourth-order valence-electron chi connectivity index (χ4n) is 3.49. The number of nitrogens with two attached hydrogens (primary N) is 1. The maximum atomic E-state index is 11.2. The minimum absolute atomic E-state index is 0.276. The molecule has 4 N–H and O–H groups in total. The van der Waals surface area contributed by atoms with Crippen molar-refractivity contribution in [1.82, 2.24) is 0 Å². The number of anilines is 2. The summed E-state index contributed by atoms with van der Waals surface area (Å²) in [5.41, 5.74) is 7.11. The van der Waals surface area contributed by atoms with Crippen molar-refractivity contribution in [2.24, 2.45) is 11.8 Å². The summed E-state index contributed by atoms with van der Waals surface area (Å²) in [5.74, 6) is 0.636. The number of rotatable bonds is 3. The fraction of sp³-hybridized carbons (Fsp3) is 0.500. The van der Waals surface area contributed by atoms with E-state index >= 15 is 0 Å². The molecular formula is C14H18N2O2. The van der Waals surface area contributed by atoms with Crippen molar-refractivity contribution in [3.8, 4) is 0 Å². The number of fused-ring (bicyclic) bond motifs is 2. The Labute approximate surface area is 106 Å². The van der Waals surface area contributed by atoms with Crippen molar-refractivity contribution >= 4 is 17.3 Å². The Hall–Kier alpha value is -1.71. The van der Waals surface area contributed by atoms with Gasteiger partial charge in [-0.3, -0.25) is 0 Å². The molecular weight excluding hydrogens is 228 g/mol. The molecule has 0 spiro atoms. The normalized spacial score (nSPS) is 29.4. The van der Waals surface area contributed by atoms with Crippen molar-refractivity contribution < 1.29 is 9.90 Å². The summed E-state index contributed by atoms with van der Waals surface area (Å²) in [7, 11) is 0. The molecule has 4 nitrogen and oxygen atoms in total. The summed E-state index contributed by atoms with van der Waals surface area (Å²) in [4.78, 5) is 11.2. The van der Waals surface area contributed by atoms with E-state index in [0.29, 0.717) is 23.3 Å². The molecule has 2 saturated carbocycles. The number of benzene rings is 1. The molecule has 0 radical (unpaired) electrons. The van der Waals surface area contributed by atoms with E-state index in [9.17, 15) is 9.90 Å². The summed E-state index contributed by atoms with van der Waals surface area (Å²) >= 11 is 0. The number of nitrogen functional groups attached to an aromatic ring is 1. The zero-order chi connectivity index (χ0) is 12.7. The first-order valence-electron chi connectivity index (χ1n) is 6.53. The fourth-order valence-corrected chi connectivity index (χ4v) is 3.49. The van der Waals surface area contributed by atoms with Gasteiger partial charge in [-0.1, -0.05) is 6.42 Å². The van der Waals surface area contributed by atoms with Crippen molar-refractivity contribution in [2.75, 3.05) is 11.1 Å². The minimum atomic E-state index is -0.923. The number of carboxylic acid groups (broad SMARTS) is 1. The first-order valence-corrected chi connectivity index (χ1v) is 6.53. The van der Waals surface area contributed by atoms with Crippen molar-refractivity contribution in [3.63, 3.8) is 0 Å². The van der Waals surface area contributed by atoms with Crippen LogP contribution in [-0.2, 0) is 0 Å². The van der Waals surface area contributed by atoms with Gasteiger partial charge in [0.05, 0.1) is 5.56 Å². The van der Waals surface area contributed by atoms with Crippen LogP contribution in [0, 0.1) is 11.8 Å². The standard InChI is InChI=1S/C14H18N2O2/c15-10-3-4-12(11(7-10)14(17)18)16-13-6-8-1-2-9(13)5-8/h3-4,7-9,13,16H,1-2,5-6,15H2,(H,17,18). The largest absolute Gasteiger partial charge is 0.478 e. The molecule has 3 rings (SSSR count). The number of carboxylic acids is 1. The van der Waals surface area contributed by atoms with Gasteiger partial charge >= 0.3 is 5.97 Å². The second-order valence-electron chi connectivity index (χ2n) is 5.54. The molecule has 2 aliphatic carbocycles. The molecule has 18 heavy (non-hydrogen) atoms. The molecule has 2 fully saturated rings. The lowest BCUT2D eigenvalue weighted by molar-refractivity contribution is 0.0698. The minimum Gasteiger partial charge on any atom is -0.478 e. The molecule has 3 unspecified atom stereocenters. The molecule has 0 heterocycles. The van der Waals surface area contributed by atoms with Gasteiger partial charge in [0, 0.05) is 17.4 Å². The third-order valence-corrected chi connectivity index (χ3v) is 4.35. The summed E-state index contributed by atoms with van der Waals surface area (Å²) in [6.07, 6.45) is 5.10. The molecule has 0 aromatic heterocycles. The van der Waals surface area contributed by atoms with Crippen LogP contribution >= 0.6 is 0 Å². The smallest absolute Gasteiger partial charge is 0.337 e. The monoisotopic (exact) mass is 246 g/mol. The van der Waals surface area contributed by atoms with Crippen LogP contribution in [0.2, 0.25) is 0 Å². The number of hydrogen-bond donors (Lipinski definition) is 3. The van der Waals surface area contributed by atoms with Crippen LogP contribution in [0.15, 0.2) is 18.2 Å². The van der Waals surface area contributed by atoms with Gasteiger partial charge in [0.2, 0.25) is 0 Å². The Kier molecular flexibility index (Phi) is 2.65. The second kappa shape index (κ2) is 4.19. The third-order valence-electron chi connectivity index (χ3n) is 4.35. The van der Waals surface area contributed by atoms with Crippen LogP contribution in [0.4, 0.5) is 11.4 Å². The number of hydrogen-bond acceptors (Lipinski definition) is 3. The molecule has 0 saturated heterocycles. The van der Waals surface area contributed by atoms with Gasteiger partial charge in [-0.15, -0.1) is 0 Å². The second-order valence-corrected chi connectivity index (χ2v) is 5.54. The lowest BCUT2D eigenvalue weighted by atomic mass is 9.95. The van der Waals surface area contributed by atoms with E-state index in [1.807, 2.05) is 0 Å². The quantitative estimate of drug-likeness (QED) is 0.716. The molecule has 0 aliphatic heterocycles. The molecule has 2 aliphatic rings. The van der Waals surface area contributed by atoms with Crippen LogP contribution in [0.3, 0.4) is 0 Å². The molecule has 96 valence electrons. The van der Waals surface area contributed by atoms with E-state index in [1.165, 1.54) is 31.7 Å². The van der Waals surface area contributed by atoms with Crippen molar-refractivity contribution in [2.45, 2.75) is 31.7 Å². The maximum absolute atomic E-state index is 11.2. The SMILES string of the molecule is Nc1ccc(NC2CC3CCC2C3)c(C(=O)O)c1. The third kappa shape index (κ3) is 1.92. The Balaban J connectivity index is 1.82. The van der Waals surface area contributed by atoms with Gasteiger partial charge in [0.15, 0.2) is 0 Å². The van der Waals surface area contributed by atoms with E-state index in [4.69, 9.17) is 5.73 Å². The van der Waals surface area contributed by atoms with Gasteiger partial charge in [-0.05, 0) is 49.3 Å². The van der Waals surface area contributed by atoms with E-state index in [0.717, 1.165) is 5.92 Å². The Morgan fingerprint density at radius 2 is 2.17 bits per heavy atom. The van der Waals surface area contributed by atoms with Crippen LogP contribution in [-0.4, -0.2) is 17.1 Å². The maximum Gasteiger partial charge on any atom is 0.337 e. The average Bonchev–Trinajstić information content (AvgIpc) is 2.93. The zero-order valence-corrected chi connectivity index (χ0v) is 10.2. The van der Waals surface area contributed by atoms with E-state index in [1.54, 1.807) is 12.1 Å². The van der Waals surface area contributed by atoms with Gasteiger partial charge in [0.25, 0.3) is 0 Å². The molecule has 3 atom stereocenters. The van der Waals surface area contributed by atoms with Gasteiger partial charge < -0.3 is 16.2 Å². The van der Waals surface area contributed by atoms with E-state index in [-0.39, 0.29) is 5.56 Å². The first kappa shape index (κ1) is 11.4. The van der Waals surface area contributed by atoms with E-state index < -0.39 is 5.97 Å². The zero-order valence-electron chi connectivity index (χ0n) is 10.2. The summed E-state index contributed by atoms with van der Waals surface area (Å²) in [6, 6.07) is 5.50. The highest BCUT2D eigenvalue weighted by Crippen LogP contribution is 2.45. The molecule has 0 amide bonds. The Bertz CT molecular complexity index is 487. The lowest BCUT2D eigenvalue weighted by Crippen LogP contribution is -2.26. The number of aromatic carboxylic acids is 1. The van der Waals surface area contributed by atoms with Crippen LogP contribution in [0.5, 0.6) is 0 Å². The van der Waals surface area contributed by atoms with Gasteiger partial charge in [0.1, 0.15) is 0 Å². The van der Waals surface area contributed by atoms with Gasteiger partial charge in [-0.25, -0.2) is 4.79 Å². The Morgan fingerprint density at radius 1 is 1.33 bits per heavy atom. The summed E-state index contributed by atoms with van der Waals surface area (Å²) < 4.78 is 0. The van der Waals surface area contributed by atoms with Crippen LogP contribution in [0.25, 0.3) is 0 Å². The highest BCUT2D eigenvalue weighted by molar-refractivity contribution is 5.95. The highest BCUT2D eigenvalue weighted by Gasteiger charge is 2.39. The van der Waals surface area contributed by atoms with Crippen molar-refractivity contribution in [3.05, 3.63) is 23.8 Å². The lowest BCUT2D eigenvalue weighted by Gasteiger charge is -2.24. The van der Waals surface area contributed by atoms with Crippen LogP contribution in [0.1, 0.15) is 36.0 Å².